The van der Waals surface area contributed by atoms with E-state index in [1.807, 2.05) is 6.92 Å². The first-order valence-electron chi connectivity index (χ1n) is 5.70. The van der Waals surface area contributed by atoms with Crippen LogP contribution >= 0.6 is 0 Å². The van der Waals surface area contributed by atoms with Crippen LogP contribution in [0.15, 0.2) is 0 Å². The van der Waals surface area contributed by atoms with Crippen molar-refractivity contribution in [2.75, 3.05) is 27.4 Å². The fraction of sp³-hybridized carbons (Fsp3) is 0.917. The van der Waals surface area contributed by atoms with Crippen molar-refractivity contribution in [1.82, 2.24) is 5.32 Å². The van der Waals surface area contributed by atoms with Gasteiger partial charge < -0.3 is 14.8 Å². The molecule has 4 heteroatoms. The molecule has 1 atom stereocenters. The van der Waals surface area contributed by atoms with Gasteiger partial charge >= 0.3 is 5.97 Å². The van der Waals surface area contributed by atoms with Crippen molar-refractivity contribution in [3.63, 3.8) is 0 Å². The molecule has 1 unspecified atom stereocenters. The smallest absolute Gasteiger partial charge is 0.307 e. The summed E-state index contributed by atoms with van der Waals surface area (Å²) < 4.78 is 9.68. The molecule has 0 aromatic heterocycles. The van der Waals surface area contributed by atoms with Crippen molar-refractivity contribution >= 4 is 5.97 Å². The summed E-state index contributed by atoms with van der Waals surface area (Å²) in [4.78, 5) is 11.0. The van der Waals surface area contributed by atoms with Gasteiger partial charge in [0.15, 0.2) is 0 Å². The lowest BCUT2D eigenvalue weighted by molar-refractivity contribution is -0.141. The molecule has 0 bridgehead atoms. The number of carbonyl (C=O) groups is 1. The molecule has 0 saturated carbocycles. The number of hydrogen-bond acceptors (Lipinski definition) is 4. The van der Waals surface area contributed by atoms with Crippen LogP contribution in [-0.2, 0) is 14.3 Å². The highest BCUT2D eigenvalue weighted by atomic mass is 16.5. The zero-order valence-corrected chi connectivity index (χ0v) is 11.1. The van der Waals surface area contributed by atoms with Crippen LogP contribution in [0, 0.1) is 5.41 Å². The van der Waals surface area contributed by atoms with E-state index < -0.39 is 0 Å². The van der Waals surface area contributed by atoms with Crippen LogP contribution in [0.4, 0.5) is 0 Å². The highest BCUT2D eigenvalue weighted by Crippen LogP contribution is 2.19. The van der Waals surface area contributed by atoms with Gasteiger partial charge in [-0.05, 0) is 18.8 Å². The minimum atomic E-state index is -0.172. The zero-order chi connectivity index (χ0) is 12.6. The normalized spacial score (nSPS) is 13.6. The fourth-order valence-corrected chi connectivity index (χ4v) is 1.32. The Balaban J connectivity index is 3.80. The van der Waals surface area contributed by atoms with Gasteiger partial charge in [-0.2, -0.15) is 0 Å². The molecule has 4 nitrogen and oxygen atoms in total. The summed E-state index contributed by atoms with van der Waals surface area (Å²) in [6.07, 6.45) is 1.41. The van der Waals surface area contributed by atoms with Crippen LogP contribution in [0.1, 0.15) is 33.6 Å². The predicted molar refractivity (Wildman–Crippen MR) is 64.4 cm³/mol. The summed E-state index contributed by atoms with van der Waals surface area (Å²) >= 11 is 0. The van der Waals surface area contributed by atoms with Crippen LogP contribution in [0.3, 0.4) is 0 Å². The monoisotopic (exact) mass is 231 g/mol. The van der Waals surface area contributed by atoms with Gasteiger partial charge in [-0.25, -0.2) is 0 Å². The second-order valence-electron chi connectivity index (χ2n) is 4.97. The van der Waals surface area contributed by atoms with Crippen molar-refractivity contribution in [3.05, 3.63) is 0 Å². The second-order valence-corrected chi connectivity index (χ2v) is 4.97. The Morgan fingerprint density at radius 2 is 2.00 bits per heavy atom. The van der Waals surface area contributed by atoms with E-state index in [4.69, 9.17) is 4.74 Å². The Kier molecular flexibility index (Phi) is 7.34. The number of ether oxygens (including phenoxy) is 2. The van der Waals surface area contributed by atoms with E-state index in [2.05, 4.69) is 23.9 Å². The molecule has 96 valence electrons. The Morgan fingerprint density at radius 3 is 2.50 bits per heavy atom. The van der Waals surface area contributed by atoms with Gasteiger partial charge in [0.1, 0.15) is 0 Å². The number of esters is 1. The first-order valence-corrected chi connectivity index (χ1v) is 5.70. The average Bonchev–Trinajstić information content (AvgIpc) is 2.24. The highest BCUT2D eigenvalue weighted by molar-refractivity contribution is 5.69. The molecular formula is C12H25NO3. The molecule has 0 heterocycles. The summed E-state index contributed by atoms with van der Waals surface area (Å²) in [7, 11) is 3.13. The van der Waals surface area contributed by atoms with Crippen molar-refractivity contribution in [2.24, 2.45) is 5.41 Å². The summed E-state index contributed by atoms with van der Waals surface area (Å²) in [5, 5.41) is 3.34. The third-order valence-corrected chi connectivity index (χ3v) is 2.61. The van der Waals surface area contributed by atoms with Crippen LogP contribution in [0.2, 0.25) is 0 Å². The molecule has 0 amide bonds. The van der Waals surface area contributed by atoms with Crippen LogP contribution in [0.5, 0.6) is 0 Å². The maximum Gasteiger partial charge on any atom is 0.307 e. The molecule has 16 heavy (non-hydrogen) atoms. The summed E-state index contributed by atoms with van der Waals surface area (Å²) in [6, 6.07) is 0.147. The van der Waals surface area contributed by atoms with E-state index in [1.165, 1.54) is 7.11 Å². The van der Waals surface area contributed by atoms with Crippen LogP contribution < -0.4 is 5.32 Å². The third-order valence-electron chi connectivity index (χ3n) is 2.61. The van der Waals surface area contributed by atoms with Crippen molar-refractivity contribution < 1.29 is 14.3 Å². The quantitative estimate of drug-likeness (QED) is 0.644. The minimum absolute atomic E-state index is 0.147. The molecule has 0 saturated heterocycles. The number of carbonyl (C=O) groups excluding carboxylic acids is 1. The standard InChI is InChI=1S/C12H25NO3/c1-10(8-11(14)16-5)13-9-12(2,3)6-7-15-4/h10,13H,6-9H2,1-5H3. The molecule has 0 spiro atoms. The van der Waals surface area contributed by atoms with Gasteiger partial charge in [0.25, 0.3) is 0 Å². The molecule has 1 N–H and O–H groups in total. The number of nitrogens with one attached hydrogen (secondary N) is 1. The molecular weight excluding hydrogens is 206 g/mol. The van der Waals surface area contributed by atoms with E-state index in [9.17, 15) is 4.79 Å². The maximum atomic E-state index is 11.0. The molecule has 0 rings (SSSR count). The molecule has 0 aromatic carbocycles. The summed E-state index contributed by atoms with van der Waals surface area (Å²) in [6.45, 7) is 7.99. The summed E-state index contributed by atoms with van der Waals surface area (Å²) in [5.41, 5.74) is 0.181. The van der Waals surface area contributed by atoms with Crippen molar-refractivity contribution in [2.45, 2.75) is 39.7 Å². The van der Waals surface area contributed by atoms with Gasteiger partial charge in [-0.1, -0.05) is 13.8 Å². The molecule has 0 fully saturated rings. The van der Waals surface area contributed by atoms with Crippen molar-refractivity contribution in [1.29, 1.82) is 0 Å². The van der Waals surface area contributed by atoms with Crippen LogP contribution in [-0.4, -0.2) is 39.4 Å². The molecule has 0 aliphatic carbocycles. The average molecular weight is 231 g/mol. The molecule has 0 aliphatic rings. The highest BCUT2D eigenvalue weighted by Gasteiger charge is 2.19. The number of methoxy groups -OCH3 is 2. The van der Waals surface area contributed by atoms with E-state index >= 15 is 0 Å². The lowest BCUT2D eigenvalue weighted by Crippen LogP contribution is -2.37. The van der Waals surface area contributed by atoms with Gasteiger partial charge in [0, 0.05) is 26.3 Å². The van der Waals surface area contributed by atoms with E-state index in [0.717, 1.165) is 19.6 Å². The first kappa shape index (κ1) is 15.4. The van der Waals surface area contributed by atoms with Crippen molar-refractivity contribution in [3.8, 4) is 0 Å². The number of rotatable bonds is 8. The van der Waals surface area contributed by atoms with Gasteiger partial charge in [0.05, 0.1) is 13.5 Å². The lowest BCUT2D eigenvalue weighted by atomic mass is 9.89. The maximum absolute atomic E-state index is 11.0. The Labute approximate surface area is 98.7 Å². The van der Waals surface area contributed by atoms with E-state index in [-0.39, 0.29) is 17.4 Å². The Bertz CT molecular complexity index is 204. The molecule has 0 radical (unpaired) electrons. The zero-order valence-electron chi connectivity index (χ0n) is 11.1. The van der Waals surface area contributed by atoms with Gasteiger partial charge in [-0.3, -0.25) is 4.79 Å². The van der Waals surface area contributed by atoms with Crippen LogP contribution in [0.25, 0.3) is 0 Å². The third kappa shape index (κ3) is 7.65. The van der Waals surface area contributed by atoms with E-state index in [0.29, 0.717) is 6.42 Å². The topological polar surface area (TPSA) is 47.6 Å². The predicted octanol–water partition coefficient (Wildman–Crippen LogP) is 1.59. The van der Waals surface area contributed by atoms with E-state index in [1.54, 1.807) is 7.11 Å². The second kappa shape index (κ2) is 7.63. The first-order chi connectivity index (χ1) is 7.41. The largest absolute Gasteiger partial charge is 0.469 e. The molecule has 0 aliphatic heterocycles. The fourth-order valence-electron chi connectivity index (χ4n) is 1.32. The summed E-state index contributed by atoms with van der Waals surface area (Å²) in [5.74, 6) is -0.172. The SMILES string of the molecule is COCCC(C)(C)CNC(C)CC(=O)OC. The Hall–Kier alpha value is -0.610. The van der Waals surface area contributed by atoms with Gasteiger partial charge in [-0.15, -0.1) is 0 Å². The molecule has 0 aromatic rings. The minimum Gasteiger partial charge on any atom is -0.469 e. The van der Waals surface area contributed by atoms with Gasteiger partial charge in [0.2, 0.25) is 0 Å². The number of hydrogen-bond donors (Lipinski definition) is 1. The Morgan fingerprint density at radius 1 is 1.38 bits per heavy atom. The lowest BCUT2D eigenvalue weighted by Gasteiger charge is -2.26.